The van der Waals surface area contributed by atoms with Gasteiger partial charge in [-0.3, -0.25) is 4.90 Å². The smallest absolute Gasteiger partial charge is 0.0330 e. The van der Waals surface area contributed by atoms with E-state index < -0.39 is 0 Å². The van der Waals surface area contributed by atoms with Crippen LogP contribution in [-0.4, -0.2) is 24.0 Å². The van der Waals surface area contributed by atoms with E-state index in [4.69, 9.17) is 5.73 Å². The predicted octanol–water partition coefficient (Wildman–Crippen LogP) is 3.09. The second kappa shape index (κ2) is 6.53. The lowest BCUT2D eigenvalue weighted by Crippen LogP contribution is -2.34. The minimum Gasteiger partial charge on any atom is -0.330 e. The molecule has 1 aromatic heterocycles. The lowest BCUT2D eigenvalue weighted by atomic mass is 10.0. The van der Waals surface area contributed by atoms with Crippen molar-refractivity contribution in [1.82, 2.24) is 4.90 Å². The van der Waals surface area contributed by atoms with Crippen LogP contribution < -0.4 is 5.73 Å². The van der Waals surface area contributed by atoms with Crippen LogP contribution in [0.25, 0.3) is 0 Å². The Balaban J connectivity index is 1.88. The van der Waals surface area contributed by atoms with Gasteiger partial charge >= 0.3 is 0 Å². The summed E-state index contributed by atoms with van der Waals surface area (Å²) in [6, 6.07) is 5.23. The minimum atomic E-state index is 0.681. The highest BCUT2D eigenvalue weighted by Gasteiger charge is 2.30. The molecule has 2 nitrogen and oxygen atoms in total. The van der Waals surface area contributed by atoms with Gasteiger partial charge in [-0.25, -0.2) is 0 Å². The second-order valence-electron chi connectivity index (χ2n) is 5.13. The highest BCUT2D eigenvalue weighted by atomic mass is 32.1. The van der Waals surface area contributed by atoms with E-state index in [1.165, 1.54) is 37.1 Å². The van der Waals surface area contributed by atoms with Gasteiger partial charge in [-0.15, -0.1) is 11.3 Å². The topological polar surface area (TPSA) is 29.3 Å². The molecule has 1 fully saturated rings. The summed E-state index contributed by atoms with van der Waals surface area (Å²) in [5.41, 5.74) is 5.88. The number of nitrogens with zero attached hydrogens (tertiary/aromatic N) is 1. The van der Waals surface area contributed by atoms with Crippen molar-refractivity contribution >= 4 is 11.3 Å². The summed E-state index contributed by atoms with van der Waals surface area (Å²) in [7, 11) is 0. The Labute approximate surface area is 109 Å². The summed E-state index contributed by atoms with van der Waals surface area (Å²) in [6.45, 7) is 5.40. The predicted molar refractivity (Wildman–Crippen MR) is 75.2 cm³/mol. The minimum absolute atomic E-state index is 0.681. The van der Waals surface area contributed by atoms with E-state index in [1.807, 2.05) is 11.3 Å². The molecule has 1 aliphatic carbocycles. The van der Waals surface area contributed by atoms with Gasteiger partial charge in [0.05, 0.1) is 0 Å². The van der Waals surface area contributed by atoms with Crippen molar-refractivity contribution in [3.63, 3.8) is 0 Å². The van der Waals surface area contributed by atoms with Crippen molar-refractivity contribution in [2.45, 2.75) is 45.2 Å². The van der Waals surface area contributed by atoms with Gasteiger partial charge in [-0.2, -0.15) is 0 Å². The summed E-state index contributed by atoms with van der Waals surface area (Å²) in [5, 5.41) is 2.17. The first kappa shape index (κ1) is 13.1. The molecule has 0 aliphatic heterocycles. The molecule has 0 aromatic carbocycles. The van der Waals surface area contributed by atoms with Crippen molar-refractivity contribution in [2.24, 2.45) is 11.7 Å². The molecule has 17 heavy (non-hydrogen) atoms. The normalized spacial score (nSPS) is 17.6. The number of thiophene rings is 1. The molecule has 0 saturated heterocycles. The molecule has 0 radical (unpaired) electrons. The van der Waals surface area contributed by atoms with Gasteiger partial charge in [0.1, 0.15) is 0 Å². The number of nitrogens with two attached hydrogens (primary N) is 1. The van der Waals surface area contributed by atoms with Gasteiger partial charge < -0.3 is 5.73 Å². The molecule has 1 atom stereocenters. The average molecular weight is 252 g/mol. The monoisotopic (exact) mass is 252 g/mol. The molecular formula is C14H24N2S. The third kappa shape index (κ3) is 4.09. The van der Waals surface area contributed by atoms with E-state index in [0.717, 1.165) is 19.1 Å². The quantitative estimate of drug-likeness (QED) is 0.770. The Bertz CT molecular complexity index is 306. The summed E-state index contributed by atoms with van der Waals surface area (Å²) in [5.74, 6) is 0.681. The third-order valence-electron chi connectivity index (χ3n) is 3.53. The Morgan fingerprint density at radius 2 is 2.35 bits per heavy atom. The molecular weight excluding hydrogens is 228 g/mol. The molecule has 3 heteroatoms. The standard InChI is InChI=1S/C14H24N2S/c1-2-4-12(9-15)10-16(13-6-7-13)11-14-5-3-8-17-14/h3,5,8,12-13H,2,4,6-7,9-11,15H2,1H3. The Kier molecular flexibility index (Phi) is 5.01. The highest BCUT2D eigenvalue weighted by Crippen LogP contribution is 2.30. The molecule has 1 aromatic rings. The van der Waals surface area contributed by atoms with Crippen LogP contribution in [0.5, 0.6) is 0 Å². The van der Waals surface area contributed by atoms with Crippen molar-refractivity contribution in [3.05, 3.63) is 22.4 Å². The number of hydrogen-bond donors (Lipinski definition) is 1. The van der Waals surface area contributed by atoms with Gasteiger partial charge in [0.2, 0.25) is 0 Å². The van der Waals surface area contributed by atoms with E-state index in [2.05, 4.69) is 29.3 Å². The fourth-order valence-electron chi connectivity index (χ4n) is 2.41. The van der Waals surface area contributed by atoms with Crippen LogP contribution in [0.2, 0.25) is 0 Å². The largest absolute Gasteiger partial charge is 0.330 e. The maximum Gasteiger partial charge on any atom is 0.0330 e. The fraction of sp³-hybridized carbons (Fsp3) is 0.714. The molecule has 2 N–H and O–H groups in total. The summed E-state index contributed by atoms with van der Waals surface area (Å²) < 4.78 is 0. The van der Waals surface area contributed by atoms with Gasteiger partial charge in [-0.1, -0.05) is 19.4 Å². The number of hydrogen-bond acceptors (Lipinski definition) is 3. The van der Waals surface area contributed by atoms with Crippen LogP contribution in [0.3, 0.4) is 0 Å². The van der Waals surface area contributed by atoms with E-state index in [-0.39, 0.29) is 0 Å². The molecule has 0 spiro atoms. The van der Waals surface area contributed by atoms with E-state index in [9.17, 15) is 0 Å². The van der Waals surface area contributed by atoms with Crippen molar-refractivity contribution < 1.29 is 0 Å². The molecule has 2 rings (SSSR count). The van der Waals surface area contributed by atoms with Gasteiger partial charge in [0.25, 0.3) is 0 Å². The maximum absolute atomic E-state index is 5.88. The van der Waals surface area contributed by atoms with Crippen molar-refractivity contribution in [1.29, 1.82) is 0 Å². The summed E-state index contributed by atoms with van der Waals surface area (Å²) in [6.07, 6.45) is 5.28. The van der Waals surface area contributed by atoms with E-state index >= 15 is 0 Å². The lowest BCUT2D eigenvalue weighted by Gasteiger charge is -2.26. The zero-order valence-corrected chi connectivity index (χ0v) is 11.6. The van der Waals surface area contributed by atoms with E-state index in [0.29, 0.717) is 5.92 Å². The van der Waals surface area contributed by atoms with E-state index in [1.54, 1.807) is 0 Å². The van der Waals surface area contributed by atoms with Crippen LogP contribution in [0.1, 0.15) is 37.5 Å². The molecule has 0 amide bonds. The molecule has 1 saturated carbocycles. The Hall–Kier alpha value is -0.380. The third-order valence-corrected chi connectivity index (χ3v) is 4.39. The molecule has 1 aliphatic rings. The van der Waals surface area contributed by atoms with Crippen LogP contribution in [0.15, 0.2) is 17.5 Å². The lowest BCUT2D eigenvalue weighted by molar-refractivity contribution is 0.210. The zero-order valence-electron chi connectivity index (χ0n) is 10.8. The number of rotatable bonds is 8. The van der Waals surface area contributed by atoms with Crippen LogP contribution in [0, 0.1) is 5.92 Å². The molecule has 0 bridgehead atoms. The first-order chi connectivity index (χ1) is 8.33. The Morgan fingerprint density at radius 1 is 1.53 bits per heavy atom. The highest BCUT2D eigenvalue weighted by molar-refractivity contribution is 7.09. The fourth-order valence-corrected chi connectivity index (χ4v) is 3.14. The average Bonchev–Trinajstić information content (AvgIpc) is 3.06. The van der Waals surface area contributed by atoms with Gasteiger partial charge in [-0.05, 0) is 43.2 Å². The van der Waals surface area contributed by atoms with Crippen molar-refractivity contribution in [3.8, 4) is 0 Å². The molecule has 1 heterocycles. The molecule has 1 unspecified atom stereocenters. The first-order valence-electron chi connectivity index (χ1n) is 6.80. The summed E-state index contributed by atoms with van der Waals surface area (Å²) in [4.78, 5) is 4.14. The van der Waals surface area contributed by atoms with Crippen LogP contribution >= 0.6 is 11.3 Å². The van der Waals surface area contributed by atoms with Gasteiger partial charge in [0.15, 0.2) is 0 Å². The van der Waals surface area contributed by atoms with Crippen LogP contribution in [-0.2, 0) is 6.54 Å². The first-order valence-corrected chi connectivity index (χ1v) is 7.68. The molecule has 96 valence electrons. The Morgan fingerprint density at radius 3 is 2.88 bits per heavy atom. The van der Waals surface area contributed by atoms with Crippen LogP contribution in [0.4, 0.5) is 0 Å². The van der Waals surface area contributed by atoms with Crippen molar-refractivity contribution in [2.75, 3.05) is 13.1 Å². The van der Waals surface area contributed by atoms with Gasteiger partial charge in [0, 0.05) is 24.0 Å². The maximum atomic E-state index is 5.88. The SMILES string of the molecule is CCCC(CN)CN(Cc1cccs1)C1CC1. The second-order valence-corrected chi connectivity index (χ2v) is 6.16. The summed E-state index contributed by atoms with van der Waals surface area (Å²) >= 11 is 1.87. The zero-order chi connectivity index (χ0) is 12.1.